The molecule has 0 saturated carbocycles. The Morgan fingerprint density at radius 1 is 1.10 bits per heavy atom. The lowest BCUT2D eigenvalue weighted by molar-refractivity contribution is 1.17. The van der Waals surface area contributed by atoms with Gasteiger partial charge < -0.3 is 11.1 Å². The summed E-state index contributed by atoms with van der Waals surface area (Å²) in [7, 11) is 0. The number of hydrogen-bond acceptors (Lipinski definition) is 4. The third kappa shape index (κ3) is 2.94. The van der Waals surface area contributed by atoms with Gasteiger partial charge in [-0.1, -0.05) is 23.2 Å². The number of H-pyrrole nitrogens is 1. The molecule has 4 N–H and O–H groups in total. The second kappa shape index (κ2) is 5.27. The first-order valence-electron chi connectivity index (χ1n) is 6.04. The molecule has 0 aliphatic heterocycles. The van der Waals surface area contributed by atoms with Gasteiger partial charge in [0, 0.05) is 21.4 Å². The number of benzene rings is 2. The predicted octanol–water partition coefficient (Wildman–Crippen LogP) is 3.56. The number of halogens is 2. The SMILES string of the molecule is Nc1ccc2c(=O)[nH]c(Nc3cc(Cl)cc(Cl)c3)nc2c1. The number of nitrogens with zero attached hydrogens (tertiary/aromatic N) is 1. The van der Waals surface area contributed by atoms with Crippen LogP contribution in [0.2, 0.25) is 10.0 Å². The molecule has 0 unspecified atom stereocenters. The number of rotatable bonds is 2. The molecule has 0 aliphatic carbocycles. The number of nitrogen functional groups attached to an aromatic ring is 1. The molecule has 1 heterocycles. The van der Waals surface area contributed by atoms with Crippen LogP contribution < -0.4 is 16.6 Å². The van der Waals surface area contributed by atoms with Gasteiger partial charge in [0.2, 0.25) is 5.95 Å². The van der Waals surface area contributed by atoms with Crippen LogP contribution >= 0.6 is 23.2 Å². The van der Waals surface area contributed by atoms with E-state index in [1.165, 1.54) is 0 Å². The largest absolute Gasteiger partial charge is 0.399 e. The Morgan fingerprint density at radius 3 is 2.52 bits per heavy atom. The normalized spacial score (nSPS) is 10.8. The average Bonchev–Trinajstić information content (AvgIpc) is 2.36. The van der Waals surface area contributed by atoms with E-state index in [4.69, 9.17) is 28.9 Å². The minimum atomic E-state index is -0.254. The fourth-order valence-electron chi connectivity index (χ4n) is 1.98. The van der Waals surface area contributed by atoms with Crippen molar-refractivity contribution in [2.45, 2.75) is 0 Å². The fraction of sp³-hybridized carbons (Fsp3) is 0. The highest BCUT2D eigenvalue weighted by Gasteiger charge is 2.05. The van der Waals surface area contributed by atoms with Gasteiger partial charge in [-0.05, 0) is 36.4 Å². The summed E-state index contributed by atoms with van der Waals surface area (Å²) < 4.78 is 0. The molecule has 21 heavy (non-hydrogen) atoms. The minimum absolute atomic E-state index is 0.254. The topological polar surface area (TPSA) is 83.8 Å². The molecule has 0 saturated heterocycles. The molecular weight excluding hydrogens is 311 g/mol. The van der Waals surface area contributed by atoms with Crippen molar-refractivity contribution >= 4 is 51.4 Å². The molecule has 0 amide bonds. The van der Waals surface area contributed by atoms with Gasteiger partial charge in [0.05, 0.1) is 10.9 Å². The van der Waals surface area contributed by atoms with Crippen LogP contribution in [0.4, 0.5) is 17.3 Å². The second-order valence-corrected chi connectivity index (χ2v) is 5.35. The van der Waals surface area contributed by atoms with Crippen molar-refractivity contribution in [1.29, 1.82) is 0 Å². The highest BCUT2D eigenvalue weighted by atomic mass is 35.5. The number of aromatic nitrogens is 2. The van der Waals surface area contributed by atoms with Crippen LogP contribution in [-0.2, 0) is 0 Å². The first kappa shape index (κ1) is 13.7. The molecule has 3 rings (SSSR count). The maximum atomic E-state index is 12.0. The third-order valence-corrected chi connectivity index (χ3v) is 3.29. The lowest BCUT2D eigenvalue weighted by Crippen LogP contribution is -2.11. The summed E-state index contributed by atoms with van der Waals surface area (Å²) in [4.78, 5) is 19.0. The zero-order chi connectivity index (χ0) is 15.0. The van der Waals surface area contributed by atoms with Gasteiger partial charge in [-0.25, -0.2) is 4.98 Å². The van der Waals surface area contributed by atoms with Crippen molar-refractivity contribution < 1.29 is 0 Å². The Labute approximate surface area is 129 Å². The predicted molar refractivity (Wildman–Crippen MR) is 86.5 cm³/mol. The number of nitrogens with two attached hydrogens (primary N) is 1. The molecule has 0 radical (unpaired) electrons. The van der Waals surface area contributed by atoms with Crippen molar-refractivity contribution in [3.63, 3.8) is 0 Å². The van der Waals surface area contributed by atoms with Crippen molar-refractivity contribution in [3.8, 4) is 0 Å². The Balaban J connectivity index is 2.06. The van der Waals surface area contributed by atoms with Crippen LogP contribution in [0.25, 0.3) is 10.9 Å². The van der Waals surface area contributed by atoms with E-state index in [9.17, 15) is 4.79 Å². The summed E-state index contributed by atoms with van der Waals surface area (Å²) in [5, 5.41) is 4.40. The highest BCUT2D eigenvalue weighted by Crippen LogP contribution is 2.24. The van der Waals surface area contributed by atoms with Crippen LogP contribution in [-0.4, -0.2) is 9.97 Å². The molecule has 0 bridgehead atoms. The van der Waals surface area contributed by atoms with E-state index >= 15 is 0 Å². The minimum Gasteiger partial charge on any atom is -0.399 e. The lowest BCUT2D eigenvalue weighted by atomic mass is 10.2. The Bertz CT molecular complexity index is 872. The molecule has 0 spiro atoms. The van der Waals surface area contributed by atoms with E-state index in [2.05, 4.69) is 15.3 Å². The molecule has 106 valence electrons. The standard InChI is InChI=1S/C14H10Cl2N4O/c15-7-3-8(16)5-10(4-7)18-14-19-12-6-9(17)1-2-11(12)13(21)20-14/h1-6H,17H2,(H2,18,19,20,21). The highest BCUT2D eigenvalue weighted by molar-refractivity contribution is 6.35. The number of anilines is 3. The molecular formula is C14H10Cl2N4O. The quantitative estimate of drug-likeness (QED) is 0.630. The van der Waals surface area contributed by atoms with Gasteiger partial charge >= 0.3 is 0 Å². The zero-order valence-electron chi connectivity index (χ0n) is 10.7. The Kier molecular flexibility index (Phi) is 3.45. The van der Waals surface area contributed by atoms with Crippen LogP contribution in [0.15, 0.2) is 41.2 Å². The van der Waals surface area contributed by atoms with Crippen molar-refractivity contribution in [1.82, 2.24) is 9.97 Å². The maximum absolute atomic E-state index is 12.0. The van der Waals surface area contributed by atoms with Crippen LogP contribution in [0, 0.1) is 0 Å². The van der Waals surface area contributed by atoms with Crippen LogP contribution in [0.3, 0.4) is 0 Å². The number of hydrogen-bond donors (Lipinski definition) is 3. The fourth-order valence-corrected chi connectivity index (χ4v) is 2.50. The molecule has 0 aliphatic rings. The summed E-state index contributed by atoms with van der Waals surface area (Å²) in [6, 6.07) is 9.90. The third-order valence-electron chi connectivity index (χ3n) is 2.86. The maximum Gasteiger partial charge on any atom is 0.260 e. The molecule has 0 atom stereocenters. The van der Waals surface area contributed by atoms with E-state index in [0.29, 0.717) is 32.3 Å². The molecule has 2 aromatic carbocycles. The van der Waals surface area contributed by atoms with Gasteiger partial charge in [-0.15, -0.1) is 0 Å². The summed E-state index contributed by atoms with van der Waals surface area (Å²) in [6.07, 6.45) is 0. The van der Waals surface area contributed by atoms with Crippen molar-refractivity contribution in [2.24, 2.45) is 0 Å². The smallest absolute Gasteiger partial charge is 0.260 e. The van der Waals surface area contributed by atoms with Gasteiger partial charge in [0.15, 0.2) is 0 Å². The van der Waals surface area contributed by atoms with Crippen LogP contribution in [0.5, 0.6) is 0 Å². The van der Waals surface area contributed by atoms with Gasteiger partial charge in [-0.3, -0.25) is 9.78 Å². The van der Waals surface area contributed by atoms with Gasteiger partial charge in [0.1, 0.15) is 0 Å². The summed E-state index contributed by atoms with van der Waals surface area (Å²) in [6.45, 7) is 0. The molecule has 7 heteroatoms. The summed E-state index contributed by atoms with van der Waals surface area (Å²) in [5.41, 5.74) is 7.13. The molecule has 5 nitrogen and oxygen atoms in total. The van der Waals surface area contributed by atoms with Crippen molar-refractivity contribution in [2.75, 3.05) is 11.1 Å². The number of nitrogens with one attached hydrogen (secondary N) is 2. The second-order valence-electron chi connectivity index (χ2n) is 4.47. The van der Waals surface area contributed by atoms with Crippen molar-refractivity contribution in [3.05, 3.63) is 56.8 Å². The van der Waals surface area contributed by atoms with E-state index in [1.807, 2.05) is 0 Å². The molecule has 1 aromatic heterocycles. The first-order chi connectivity index (χ1) is 10.0. The first-order valence-corrected chi connectivity index (χ1v) is 6.79. The summed E-state index contributed by atoms with van der Waals surface area (Å²) in [5.74, 6) is 0.288. The zero-order valence-corrected chi connectivity index (χ0v) is 12.2. The monoisotopic (exact) mass is 320 g/mol. The van der Waals surface area contributed by atoms with E-state index in [0.717, 1.165) is 0 Å². The number of aromatic amines is 1. The van der Waals surface area contributed by atoms with E-state index in [-0.39, 0.29) is 11.5 Å². The number of fused-ring (bicyclic) bond motifs is 1. The van der Waals surface area contributed by atoms with Gasteiger partial charge in [-0.2, -0.15) is 0 Å². The Morgan fingerprint density at radius 2 is 1.81 bits per heavy atom. The lowest BCUT2D eigenvalue weighted by Gasteiger charge is -2.07. The van der Waals surface area contributed by atoms with Gasteiger partial charge in [0.25, 0.3) is 5.56 Å². The molecule has 0 fully saturated rings. The molecule has 3 aromatic rings. The van der Waals surface area contributed by atoms with E-state index in [1.54, 1.807) is 36.4 Å². The average molecular weight is 321 g/mol. The van der Waals surface area contributed by atoms with Crippen LogP contribution in [0.1, 0.15) is 0 Å². The Hall–Kier alpha value is -2.24. The summed E-state index contributed by atoms with van der Waals surface area (Å²) >= 11 is 11.9. The van der Waals surface area contributed by atoms with E-state index < -0.39 is 0 Å².